The first-order valence-electron chi connectivity index (χ1n) is 8.50. The van der Waals surface area contributed by atoms with Gasteiger partial charge in [-0.05, 0) is 44.9 Å². The highest BCUT2D eigenvalue weighted by Crippen LogP contribution is 2.60. The molecule has 2 unspecified atom stereocenters. The fraction of sp³-hybridized carbons (Fsp3) is 0.526. The van der Waals surface area contributed by atoms with Crippen molar-refractivity contribution in [2.75, 3.05) is 12.1 Å². The van der Waals surface area contributed by atoms with Gasteiger partial charge in [-0.15, -0.1) is 0 Å². The molecule has 144 valence electrons. The highest BCUT2D eigenvalue weighted by Gasteiger charge is 2.72. The largest absolute Gasteiger partial charge is 0.367 e. The lowest BCUT2D eigenvalue weighted by Gasteiger charge is -2.27. The standard InChI is InChI=1S/C18H16F2N2O3.CH3F/c1-17-5-6-18(2,25-17)13-12(17)15(23)22(16(13)24)10-4-3-9(8-21)11(7-10)14(19)20;1-2/h3-4,7,12-14H,5-6H2,1-2H3;1H3/t12-,13+,17?,18?;. The van der Waals surface area contributed by atoms with E-state index in [0.717, 1.165) is 11.0 Å². The highest BCUT2D eigenvalue weighted by atomic mass is 19.3. The summed E-state index contributed by atoms with van der Waals surface area (Å²) in [6.07, 6.45) is -1.49. The minimum atomic E-state index is -2.86. The smallest absolute Gasteiger partial charge is 0.265 e. The normalized spacial score (nSPS) is 33.8. The van der Waals surface area contributed by atoms with Crippen molar-refractivity contribution in [3.05, 3.63) is 29.3 Å². The van der Waals surface area contributed by atoms with Crippen molar-refractivity contribution in [2.24, 2.45) is 11.8 Å². The topological polar surface area (TPSA) is 70.4 Å². The molecular weight excluding hydrogens is 361 g/mol. The Morgan fingerprint density at radius 1 is 1.15 bits per heavy atom. The van der Waals surface area contributed by atoms with Gasteiger partial charge in [0.15, 0.2) is 0 Å². The SMILES string of the molecule is CC12CCC(C)(O1)[C@H]1C(=O)N(c3ccc(C#N)c(C(F)F)c3)C(=O)[C@H]12.CF. The van der Waals surface area contributed by atoms with E-state index in [1.165, 1.54) is 12.1 Å². The van der Waals surface area contributed by atoms with Crippen LogP contribution in [0.4, 0.5) is 18.9 Å². The fourth-order valence-corrected chi connectivity index (χ4v) is 4.69. The minimum absolute atomic E-state index is 0.0882. The van der Waals surface area contributed by atoms with Gasteiger partial charge in [0.25, 0.3) is 6.43 Å². The summed E-state index contributed by atoms with van der Waals surface area (Å²) in [7, 11) is 0.500. The van der Waals surface area contributed by atoms with Crippen LogP contribution in [0.5, 0.6) is 0 Å². The number of anilines is 1. The number of hydrogen-bond acceptors (Lipinski definition) is 4. The average molecular weight is 380 g/mol. The maximum Gasteiger partial charge on any atom is 0.265 e. The zero-order valence-corrected chi connectivity index (χ0v) is 15.1. The number of imide groups is 1. The van der Waals surface area contributed by atoms with E-state index in [-0.39, 0.29) is 11.3 Å². The molecule has 2 amide bonds. The molecule has 4 rings (SSSR count). The Labute approximate surface area is 154 Å². The minimum Gasteiger partial charge on any atom is -0.367 e. The molecule has 0 saturated carbocycles. The summed E-state index contributed by atoms with van der Waals surface area (Å²) < 4.78 is 41.9. The van der Waals surface area contributed by atoms with Crippen LogP contribution in [0.3, 0.4) is 0 Å². The summed E-state index contributed by atoms with van der Waals surface area (Å²) in [6, 6.07) is 5.36. The quantitative estimate of drug-likeness (QED) is 0.736. The Balaban J connectivity index is 0.00000102. The Hall–Kier alpha value is -2.40. The predicted molar refractivity (Wildman–Crippen MR) is 89.7 cm³/mol. The number of nitrogens with zero attached hydrogens (tertiary/aromatic N) is 2. The zero-order valence-electron chi connectivity index (χ0n) is 15.1. The first-order valence-corrected chi connectivity index (χ1v) is 8.50. The van der Waals surface area contributed by atoms with E-state index < -0.39 is 46.8 Å². The van der Waals surface area contributed by atoms with Gasteiger partial charge in [0.05, 0.1) is 47.5 Å². The third kappa shape index (κ3) is 2.56. The van der Waals surface area contributed by atoms with Crippen LogP contribution < -0.4 is 4.90 Å². The second-order valence-corrected chi connectivity index (χ2v) is 7.38. The van der Waals surface area contributed by atoms with Gasteiger partial charge in [-0.25, -0.2) is 13.7 Å². The van der Waals surface area contributed by atoms with Crippen molar-refractivity contribution in [1.29, 1.82) is 5.26 Å². The first-order chi connectivity index (χ1) is 12.7. The Kier molecular flexibility index (Phi) is 4.55. The van der Waals surface area contributed by atoms with Gasteiger partial charge in [-0.2, -0.15) is 5.26 Å². The maximum atomic E-state index is 13.2. The molecule has 27 heavy (non-hydrogen) atoms. The van der Waals surface area contributed by atoms with Crippen LogP contribution in [0.15, 0.2) is 18.2 Å². The van der Waals surface area contributed by atoms with Crippen LogP contribution in [-0.4, -0.2) is 30.2 Å². The van der Waals surface area contributed by atoms with E-state index in [0.29, 0.717) is 20.0 Å². The van der Waals surface area contributed by atoms with E-state index in [1.54, 1.807) is 6.07 Å². The third-order valence-corrected chi connectivity index (χ3v) is 5.85. The molecule has 2 bridgehead atoms. The van der Waals surface area contributed by atoms with Gasteiger partial charge in [-0.1, -0.05) is 0 Å². The molecule has 0 spiro atoms. The first kappa shape index (κ1) is 19.4. The fourth-order valence-electron chi connectivity index (χ4n) is 4.69. The molecule has 0 N–H and O–H groups in total. The molecular formula is C19H19F3N2O3. The van der Waals surface area contributed by atoms with Crippen LogP contribution in [0.25, 0.3) is 0 Å². The van der Waals surface area contributed by atoms with Gasteiger partial charge in [0.1, 0.15) is 0 Å². The molecule has 3 saturated heterocycles. The van der Waals surface area contributed by atoms with Gasteiger partial charge < -0.3 is 4.74 Å². The van der Waals surface area contributed by atoms with Crippen molar-refractivity contribution >= 4 is 17.5 Å². The molecule has 4 atom stereocenters. The van der Waals surface area contributed by atoms with Crippen LogP contribution in [0, 0.1) is 23.2 Å². The molecule has 0 radical (unpaired) electrons. The number of amides is 2. The molecule has 1 aromatic rings. The molecule has 5 nitrogen and oxygen atoms in total. The number of nitriles is 1. The number of rotatable bonds is 2. The van der Waals surface area contributed by atoms with Crippen LogP contribution in [0.1, 0.15) is 44.2 Å². The Morgan fingerprint density at radius 2 is 1.67 bits per heavy atom. The van der Waals surface area contributed by atoms with Crippen LogP contribution in [0.2, 0.25) is 0 Å². The number of alkyl halides is 3. The number of carbonyl (C=O) groups excluding carboxylic acids is 2. The summed E-state index contributed by atoms with van der Waals surface area (Å²) in [6.45, 7) is 3.67. The van der Waals surface area contributed by atoms with Crippen molar-refractivity contribution in [1.82, 2.24) is 0 Å². The Bertz CT molecular complexity index is 819. The molecule has 3 fully saturated rings. The van der Waals surface area contributed by atoms with Gasteiger partial charge in [0.2, 0.25) is 11.8 Å². The molecule has 8 heteroatoms. The lowest BCUT2D eigenvalue weighted by atomic mass is 9.69. The van der Waals surface area contributed by atoms with E-state index in [9.17, 15) is 22.8 Å². The van der Waals surface area contributed by atoms with Crippen molar-refractivity contribution in [3.63, 3.8) is 0 Å². The molecule has 3 aliphatic rings. The molecule has 3 aliphatic heterocycles. The summed E-state index contributed by atoms with van der Waals surface area (Å²) in [5.41, 5.74) is -1.95. The number of halogens is 3. The molecule has 0 aliphatic carbocycles. The van der Waals surface area contributed by atoms with E-state index in [4.69, 9.17) is 10.00 Å². The lowest BCUT2D eigenvalue weighted by Crippen LogP contribution is -2.40. The number of hydrogen-bond donors (Lipinski definition) is 0. The van der Waals surface area contributed by atoms with E-state index in [1.807, 2.05) is 13.8 Å². The second kappa shape index (κ2) is 6.34. The summed E-state index contributed by atoms with van der Waals surface area (Å²) in [5.74, 6) is -2.01. The third-order valence-electron chi connectivity index (χ3n) is 5.85. The van der Waals surface area contributed by atoms with E-state index in [2.05, 4.69) is 0 Å². The molecule has 0 aromatic heterocycles. The molecule has 1 aromatic carbocycles. The zero-order chi connectivity index (χ0) is 20.1. The monoisotopic (exact) mass is 380 g/mol. The lowest BCUT2D eigenvalue weighted by molar-refractivity contribution is -0.129. The second-order valence-electron chi connectivity index (χ2n) is 7.38. The average Bonchev–Trinajstić information content (AvgIpc) is 3.20. The predicted octanol–water partition coefficient (Wildman–Crippen LogP) is 3.53. The molecule has 3 heterocycles. The van der Waals surface area contributed by atoms with Crippen LogP contribution in [-0.2, 0) is 14.3 Å². The number of fused-ring (bicyclic) bond motifs is 5. The van der Waals surface area contributed by atoms with Crippen molar-refractivity contribution in [3.8, 4) is 6.07 Å². The van der Waals surface area contributed by atoms with E-state index >= 15 is 0 Å². The number of benzene rings is 1. The van der Waals surface area contributed by atoms with Crippen LogP contribution >= 0.6 is 0 Å². The summed E-state index contributed by atoms with van der Waals surface area (Å²) >= 11 is 0. The van der Waals surface area contributed by atoms with Crippen molar-refractivity contribution < 1.29 is 27.5 Å². The Morgan fingerprint density at radius 3 is 2.11 bits per heavy atom. The number of ether oxygens (including phenoxy) is 1. The summed E-state index contributed by atoms with van der Waals surface area (Å²) in [4.78, 5) is 26.9. The van der Waals surface area contributed by atoms with Gasteiger partial charge >= 0.3 is 0 Å². The number of carbonyl (C=O) groups is 2. The van der Waals surface area contributed by atoms with Gasteiger partial charge in [-0.3, -0.25) is 14.0 Å². The maximum absolute atomic E-state index is 13.2. The summed E-state index contributed by atoms with van der Waals surface area (Å²) in [5, 5.41) is 8.96. The van der Waals surface area contributed by atoms with Crippen molar-refractivity contribution in [2.45, 2.75) is 44.3 Å². The van der Waals surface area contributed by atoms with Gasteiger partial charge in [0, 0.05) is 5.56 Å². The highest BCUT2D eigenvalue weighted by molar-refractivity contribution is 6.23.